The summed E-state index contributed by atoms with van der Waals surface area (Å²) in [6.07, 6.45) is 10.8. The number of alkyl halides is 1. The molecule has 15 heavy (non-hydrogen) atoms. The summed E-state index contributed by atoms with van der Waals surface area (Å²) in [5, 5.41) is 0. The first-order valence-electron chi connectivity index (χ1n) is 5.88. The predicted molar refractivity (Wildman–Crippen MR) is 75.6 cm³/mol. The Labute approximate surface area is 108 Å². The van der Waals surface area contributed by atoms with Crippen LogP contribution in [0.5, 0.6) is 0 Å². The van der Waals surface area contributed by atoms with Crippen LogP contribution in [0, 0.1) is 5.41 Å². The van der Waals surface area contributed by atoms with E-state index >= 15 is 0 Å². The first-order valence-corrected chi connectivity index (χ1v) is 7.40. The van der Waals surface area contributed by atoms with Crippen LogP contribution < -0.4 is 0 Å². The van der Waals surface area contributed by atoms with Gasteiger partial charge in [0, 0.05) is 5.41 Å². The molecule has 1 unspecified atom stereocenters. The summed E-state index contributed by atoms with van der Waals surface area (Å²) < 4.78 is 1.20. The number of carbonyl (C=O) groups excluding carboxylic acids is 1. The van der Waals surface area contributed by atoms with E-state index in [1.807, 2.05) is 6.08 Å². The Hall–Kier alpha value is 0.140. The van der Waals surface area contributed by atoms with Gasteiger partial charge in [-0.1, -0.05) is 42.0 Å². The van der Waals surface area contributed by atoms with Crippen LogP contribution in [-0.4, -0.2) is 10.7 Å². The van der Waals surface area contributed by atoms with Gasteiger partial charge >= 0.3 is 0 Å². The molecule has 0 N–H and O–H groups in total. The number of rotatable bonds is 10. The van der Waals surface area contributed by atoms with E-state index in [0.717, 1.165) is 32.1 Å². The Balaban J connectivity index is 4.04. The molecule has 88 valence electrons. The summed E-state index contributed by atoms with van der Waals surface area (Å²) in [6.45, 7) is 5.85. The molecule has 0 aromatic rings. The zero-order chi connectivity index (χ0) is 11.6. The summed E-state index contributed by atoms with van der Waals surface area (Å²) in [5.74, 6) is 0. The highest BCUT2D eigenvalue weighted by Gasteiger charge is 2.25. The molecule has 0 rings (SSSR count). The number of unbranched alkanes of at least 4 members (excludes halogenated alkanes) is 2. The Morgan fingerprint density at radius 1 is 1.27 bits per heavy atom. The molecule has 1 nitrogen and oxygen atoms in total. The number of hydrogen-bond acceptors (Lipinski definition) is 1. The monoisotopic (exact) mass is 322 g/mol. The zero-order valence-electron chi connectivity index (χ0n) is 9.80. The topological polar surface area (TPSA) is 17.1 Å². The Morgan fingerprint density at radius 2 is 1.93 bits per heavy atom. The minimum atomic E-state index is -0.0468. The molecule has 0 aliphatic heterocycles. The van der Waals surface area contributed by atoms with Gasteiger partial charge in [-0.25, -0.2) is 0 Å². The molecule has 0 saturated carbocycles. The minimum absolute atomic E-state index is 0.0468. The lowest BCUT2D eigenvalue weighted by molar-refractivity contribution is -0.117. The largest absolute Gasteiger partial charge is 0.303 e. The van der Waals surface area contributed by atoms with Crippen LogP contribution in [0.15, 0.2) is 12.7 Å². The van der Waals surface area contributed by atoms with Gasteiger partial charge in [0.15, 0.2) is 0 Å². The van der Waals surface area contributed by atoms with Gasteiger partial charge in [-0.05, 0) is 43.0 Å². The van der Waals surface area contributed by atoms with Gasteiger partial charge in [0.2, 0.25) is 0 Å². The van der Waals surface area contributed by atoms with Gasteiger partial charge in [-0.3, -0.25) is 0 Å². The highest BCUT2D eigenvalue weighted by Crippen LogP contribution is 2.32. The summed E-state index contributed by atoms with van der Waals surface area (Å²) in [4.78, 5) is 11.2. The van der Waals surface area contributed by atoms with Gasteiger partial charge in [-0.15, -0.1) is 6.58 Å². The average molecular weight is 322 g/mol. The van der Waals surface area contributed by atoms with Crippen LogP contribution in [0.2, 0.25) is 0 Å². The van der Waals surface area contributed by atoms with Crippen LogP contribution in [0.25, 0.3) is 0 Å². The van der Waals surface area contributed by atoms with E-state index in [1.165, 1.54) is 23.6 Å². The summed E-state index contributed by atoms with van der Waals surface area (Å²) in [7, 11) is 0. The molecule has 0 bridgehead atoms. The van der Waals surface area contributed by atoms with Gasteiger partial charge in [0.25, 0.3) is 0 Å². The number of carbonyl (C=O) groups is 1. The van der Waals surface area contributed by atoms with Crippen LogP contribution in [0.1, 0.15) is 51.9 Å². The Morgan fingerprint density at radius 3 is 2.40 bits per heavy atom. The van der Waals surface area contributed by atoms with E-state index < -0.39 is 0 Å². The van der Waals surface area contributed by atoms with Gasteiger partial charge < -0.3 is 4.79 Å². The molecule has 0 radical (unpaired) electrons. The normalized spacial score (nSPS) is 14.5. The maximum absolute atomic E-state index is 11.2. The first kappa shape index (κ1) is 15.1. The quantitative estimate of drug-likeness (QED) is 0.190. The van der Waals surface area contributed by atoms with Crippen molar-refractivity contribution in [3.63, 3.8) is 0 Å². The van der Waals surface area contributed by atoms with Crippen LogP contribution in [0.3, 0.4) is 0 Å². The number of aldehydes is 1. The van der Waals surface area contributed by atoms with Crippen molar-refractivity contribution in [1.82, 2.24) is 0 Å². The third-order valence-electron chi connectivity index (χ3n) is 3.10. The first-order chi connectivity index (χ1) is 7.24. The molecule has 2 heteroatoms. The summed E-state index contributed by atoms with van der Waals surface area (Å²) >= 11 is 2.40. The van der Waals surface area contributed by atoms with Gasteiger partial charge in [-0.2, -0.15) is 0 Å². The third-order valence-corrected chi connectivity index (χ3v) is 3.86. The molecule has 1 atom stereocenters. The molecule has 0 amide bonds. The highest BCUT2D eigenvalue weighted by atomic mass is 127. The van der Waals surface area contributed by atoms with Crippen molar-refractivity contribution >= 4 is 28.9 Å². The van der Waals surface area contributed by atoms with E-state index in [2.05, 4.69) is 36.1 Å². The lowest BCUT2D eigenvalue weighted by atomic mass is 9.77. The maximum Gasteiger partial charge on any atom is 0.126 e. The fourth-order valence-electron chi connectivity index (χ4n) is 1.85. The maximum atomic E-state index is 11.2. The van der Waals surface area contributed by atoms with E-state index in [0.29, 0.717) is 0 Å². The fraction of sp³-hybridized carbons (Fsp3) is 0.769. The van der Waals surface area contributed by atoms with Crippen molar-refractivity contribution in [2.24, 2.45) is 5.41 Å². The second-order valence-corrected chi connectivity index (χ2v) is 5.24. The van der Waals surface area contributed by atoms with Crippen LogP contribution in [0.4, 0.5) is 0 Å². The van der Waals surface area contributed by atoms with E-state index in [1.54, 1.807) is 0 Å². The number of hydrogen-bond donors (Lipinski definition) is 0. The molecule has 0 aromatic heterocycles. The summed E-state index contributed by atoms with van der Waals surface area (Å²) in [5.41, 5.74) is -0.0468. The molecule has 0 aliphatic carbocycles. The molecule has 0 saturated heterocycles. The molecular formula is C13H23IO. The van der Waals surface area contributed by atoms with Crippen LogP contribution in [-0.2, 0) is 4.79 Å². The molecule has 0 heterocycles. The van der Waals surface area contributed by atoms with E-state index in [9.17, 15) is 4.79 Å². The van der Waals surface area contributed by atoms with Crippen molar-refractivity contribution in [3.05, 3.63) is 12.7 Å². The zero-order valence-corrected chi connectivity index (χ0v) is 12.0. The second-order valence-electron chi connectivity index (χ2n) is 4.16. The molecule has 0 aliphatic rings. The number of allylic oxidation sites excluding steroid dienone is 1. The minimum Gasteiger partial charge on any atom is -0.303 e. The lowest BCUT2D eigenvalue weighted by Crippen LogP contribution is -2.21. The second kappa shape index (κ2) is 9.37. The van der Waals surface area contributed by atoms with Gasteiger partial charge in [0.1, 0.15) is 6.29 Å². The van der Waals surface area contributed by atoms with Crippen molar-refractivity contribution in [2.45, 2.75) is 51.9 Å². The standard InChI is InChI=1S/C13H23IO/c1-3-5-6-9-13(4-2,12-15)10-7-8-11-14/h3,12H,1,4-11H2,2H3. The van der Waals surface area contributed by atoms with Crippen LogP contribution >= 0.6 is 22.6 Å². The van der Waals surface area contributed by atoms with Crippen molar-refractivity contribution in [3.8, 4) is 0 Å². The fourth-order valence-corrected chi connectivity index (χ4v) is 2.39. The van der Waals surface area contributed by atoms with Crippen molar-refractivity contribution < 1.29 is 4.79 Å². The molecule has 0 spiro atoms. The van der Waals surface area contributed by atoms with E-state index in [-0.39, 0.29) is 5.41 Å². The smallest absolute Gasteiger partial charge is 0.126 e. The Kier molecular flexibility index (Phi) is 9.46. The predicted octanol–water partition coefficient (Wildman–Crippen LogP) is 4.54. The molecular weight excluding hydrogens is 299 g/mol. The van der Waals surface area contributed by atoms with Gasteiger partial charge in [0.05, 0.1) is 0 Å². The third kappa shape index (κ3) is 6.33. The SMILES string of the molecule is C=CCCCC(C=O)(CC)CCCCI. The number of halogens is 1. The lowest BCUT2D eigenvalue weighted by Gasteiger charge is -2.26. The molecule has 0 aromatic carbocycles. The Bertz CT molecular complexity index is 179. The average Bonchev–Trinajstić information content (AvgIpc) is 2.28. The van der Waals surface area contributed by atoms with Crippen molar-refractivity contribution in [1.29, 1.82) is 0 Å². The highest BCUT2D eigenvalue weighted by molar-refractivity contribution is 14.1. The molecule has 0 fully saturated rings. The summed E-state index contributed by atoms with van der Waals surface area (Å²) in [6, 6.07) is 0. The van der Waals surface area contributed by atoms with Crippen molar-refractivity contribution in [2.75, 3.05) is 4.43 Å². The van der Waals surface area contributed by atoms with E-state index in [4.69, 9.17) is 0 Å².